The second-order valence-corrected chi connectivity index (χ2v) is 5.03. The van der Waals surface area contributed by atoms with Gasteiger partial charge < -0.3 is 5.11 Å². The predicted octanol–water partition coefficient (Wildman–Crippen LogP) is 1.76. The highest BCUT2D eigenvalue weighted by atomic mass is 32.2. The summed E-state index contributed by atoms with van der Waals surface area (Å²) in [6.07, 6.45) is 1.99. The minimum Gasteiger partial charge on any atom is -0.373 e. The highest BCUT2D eigenvalue weighted by Crippen LogP contribution is 2.29. The third kappa shape index (κ3) is 2.14. The molecule has 1 heterocycles. The largest absolute Gasteiger partial charge is 0.373 e. The van der Waals surface area contributed by atoms with E-state index >= 15 is 0 Å². The molecule has 0 aliphatic carbocycles. The van der Waals surface area contributed by atoms with Crippen molar-refractivity contribution in [3.63, 3.8) is 0 Å². The number of carbonyl (C=O) groups is 1. The molecule has 5 heteroatoms. The van der Waals surface area contributed by atoms with Crippen molar-refractivity contribution in [2.75, 3.05) is 17.0 Å². The Morgan fingerprint density at radius 3 is 3.00 bits per heavy atom. The van der Waals surface area contributed by atoms with Gasteiger partial charge in [0.15, 0.2) is 5.44 Å². The summed E-state index contributed by atoms with van der Waals surface area (Å²) in [7, 11) is 0. The van der Waals surface area contributed by atoms with Crippen LogP contribution in [-0.4, -0.2) is 28.6 Å². The van der Waals surface area contributed by atoms with E-state index in [1.807, 2.05) is 30.5 Å². The van der Waals surface area contributed by atoms with Gasteiger partial charge in [-0.15, -0.1) is 11.8 Å². The molecule has 2 rings (SSSR count). The van der Waals surface area contributed by atoms with Gasteiger partial charge in [0.25, 0.3) is 5.91 Å². The fourth-order valence-corrected chi connectivity index (χ4v) is 2.68. The minimum absolute atomic E-state index is 0.224. The lowest BCUT2D eigenvalue weighted by atomic mass is 10.3. The van der Waals surface area contributed by atoms with Crippen molar-refractivity contribution < 1.29 is 9.90 Å². The van der Waals surface area contributed by atoms with Crippen LogP contribution in [-0.2, 0) is 4.79 Å². The number of amides is 1. The smallest absolute Gasteiger partial charge is 0.267 e. The van der Waals surface area contributed by atoms with Crippen molar-refractivity contribution in [2.24, 2.45) is 0 Å². The number of anilines is 1. The Labute approximate surface area is 96.8 Å². The zero-order valence-electron chi connectivity index (χ0n) is 8.21. The second kappa shape index (κ2) is 4.47. The molecule has 0 spiro atoms. The van der Waals surface area contributed by atoms with Gasteiger partial charge >= 0.3 is 0 Å². The molecule has 1 fully saturated rings. The first kappa shape index (κ1) is 10.9. The monoisotopic (exact) mass is 241 g/mol. The van der Waals surface area contributed by atoms with Crippen molar-refractivity contribution in [1.29, 1.82) is 0 Å². The number of carbonyl (C=O) groups excluding carboxylic acids is 1. The van der Waals surface area contributed by atoms with E-state index in [9.17, 15) is 9.90 Å². The van der Waals surface area contributed by atoms with Crippen LogP contribution in [0.2, 0.25) is 0 Å². The maximum Gasteiger partial charge on any atom is 0.267 e. The fraction of sp³-hybridized carbons (Fsp3) is 0.300. The zero-order valence-corrected chi connectivity index (χ0v) is 9.85. The highest BCUT2D eigenvalue weighted by Gasteiger charge is 2.31. The number of aliphatic hydroxyl groups excluding tert-OH is 1. The van der Waals surface area contributed by atoms with Crippen LogP contribution < -0.4 is 4.90 Å². The lowest BCUT2D eigenvalue weighted by molar-refractivity contribution is -0.121. The Kier molecular flexibility index (Phi) is 3.23. The van der Waals surface area contributed by atoms with Crippen molar-refractivity contribution >= 4 is 35.1 Å². The van der Waals surface area contributed by atoms with Gasteiger partial charge in [-0.1, -0.05) is 17.8 Å². The van der Waals surface area contributed by atoms with Crippen LogP contribution >= 0.6 is 23.5 Å². The van der Waals surface area contributed by atoms with E-state index in [1.165, 1.54) is 11.8 Å². The standard InChI is InChI=1S/C10H11NO2S2/c1-14-8-4-2-3-7(5-8)11-6-15-10(13)9(11)12/h2-5,10,13H,6H2,1H3. The Morgan fingerprint density at radius 1 is 1.60 bits per heavy atom. The summed E-state index contributed by atoms with van der Waals surface area (Å²) >= 11 is 2.88. The maximum atomic E-state index is 11.6. The van der Waals surface area contributed by atoms with Crippen LogP contribution in [0.25, 0.3) is 0 Å². The first-order chi connectivity index (χ1) is 7.22. The Bertz CT molecular complexity index is 383. The molecule has 0 bridgehead atoms. The molecule has 3 nitrogen and oxygen atoms in total. The second-order valence-electron chi connectivity index (χ2n) is 3.12. The Morgan fingerprint density at radius 2 is 2.40 bits per heavy atom. The molecule has 80 valence electrons. The molecular formula is C10H11NO2S2. The summed E-state index contributed by atoms with van der Waals surface area (Å²) < 4.78 is 0. The fourth-order valence-electron chi connectivity index (χ4n) is 1.39. The van der Waals surface area contributed by atoms with E-state index < -0.39 is 5.44 Å². The topological polar surface area (TPSA) is 40.5 Å². The average Bonchev–Trinajstić information content (AvgIpc) is 2.60. The normalized spacial score (nSPS) is 21.1. The number of hydrogen-bond acceptors (Lipinski definition) is 4. The van der Waals surface area contributed by atoms with E-state index in [0.29, 0.717) is 5.88 Å². The van der Waals surface area contributed by atoms with Gasteiger partial charge in [-0.2, -0.15) is 0 Å². The minimum atomic E-state index is -0.900. The molecule has 0 aromatic heterocycles. The third-order valence-corrected chi connectivity index (χ3v) is 3.85. The summed E-state index contributed by atoms with van der Waals surface area (Å²) in [6, 6.07) is 7.76. The number of nitrogens with zero attached hydrogens (tertiary/aromatic N) is 1. The maximum absolute atomic E-state index is 11.6. The van der Waals surface area contributed by atoms with E-state index in [-0.39, 0.29) is 5.91 Å². The zero-order chi connectivity index (χ0) is 10.8. The number of thioether (sulfide) groups is 2. The van der Waals surface area contributed by atoms with E-state index in [4.69, 9.17) is 0 Å². The highest BCUT2D eigenvalue weighted by molar-refractivity contribution is 8.01. The van der Waals surface area contributed by atoms with Gasteiger partial charge in [0.05, 0.1) is 5.88 Å². The molecule has 1 unspecified atom stereocenters. The summed E-state index contributed by atoms with van der Waals surface area (Å²) in [5.41, 5.74) is -0.0427. The van der Waals surface area contributed by atoms with Gasteiger partial charge in [0.2, 0.25) is 0 Å². The van der Waals surface area contributed by atoms with Crippen LogP contribution in [0, 0.1) is 0 Å². The van der Waals surface area contributed by atoms with Crippen LogP contribution in [0.3, 0.4) is 0 Å². The van der Waals surface area contributed by atoms with E-state index in [0.717, 1.165) is 10.6 Å². The SMILES string of the molecule is CSc1cccc(N2CSC(O)C2=O)c1. The lowest BCUT2D eigenvalue weighted by Gasteiger charge is -2.15. The molecule has 0 radical (unpaired) electrons. The molecule has 1 saturated heterocycles. The molecule has 1 aromatic rings. The third-order valence-electron chi connectivity index (χ3n) is 2.20. The average molecular weight is 241 g/mol. The Hall–Kier alpha value is -0.650. The summed E-state index contributed by atoms with van der Waals surface area (Å²) in [5, 5.41) is 9.32. The molecule has 1 amide bonds. The van der Waals surface area contributed by atoms with Gasteiger partial charge in [-0.05, 0) is 24.5 Å². The Balaban J connectivity index is 2.26. The molecule has 15 heavy (non-hydrogen) atoms. The molecule has 1 aliphatic heterocycles. The van der Waals surface area contributed by atoms with Crippen LogP contribution in [0.4, 0.5) is 5.69 Å². The van der Waals surface area contributed by atoms with Crippen molar-refractivity contribution in [2.45, 2.75) is 10.3 Å². The van der Waals surface area contributed by atoms with Crippen LogP contribution in [0.15, 0.2) is 29.2 Å². The van der Waals surface area contributed by atoms with Gasteiger partial charge in [-0.3, -0.25) is 9.69 Å². The quantitative estimate of drug-likeness (QED) is 0.801. The van der Waals surface area contributed by atoms with Gasteiger partial charge in [0, 0.05) is 10.6 Å². The molecule has 1 atom stereocenters. The van der Waals surface area contributed by atoms with Crippen molar-refractivity contribution in [3.8, 4) is 0 Å². The summed E-state index contributed by atoms with van der Waals surface area (Å²) in [4.78, 5) is 14.3. The molecule has 1 aromatic carbocycles. The van der Waals surface area contributed by atoms with E-state index in [1.54, 1.807) is 16.7 Å². The predicted molar refractivity (Wildman–Crippen MR) is 64.2 cm³/mol. The van der Waals surface area contributed by atoms with Gasteiger partial charge in [0.1, 0.15) is 0 Å². The lowest BCUT2D eigenvalue weighted by Crippen LogP contribution is -2.28. The number of rotatable bonds is 2. The van der Waals surface area contributed by atoms with Crippen LogP contribution in [0.5, 0.6) is 0 Å². The molecule has 1 aliphatic rings. The first-order valence-corrected chi connectivity index (χ1v) is 6.75. The number of aliphatic hydroxyl groups is 1. The number of benzene rings is 1. The molecule has 0 saturated carbocycles. The molecular weight excluding hydrogens is 230 g/mol. The van der Waals surface area contributed by atoms with Crippen molar-refractivity contribution in [3.05, 3.63) is 24.3 Å². The molecule has 1 N–H and O–H groups in total. The number of hydrogen-bond donors (Lipinski definition) is 1. The summed E-state index contributed by atoms with van der Waals surface area (Å²) in [6.45, 7) is 0. The van der Waals surface area contributed by atoms with E-state index in [2.05, 4.69) is 0 Å². The first-order valence-electron chi connectivity index (χ1n) is 4.47. The van der Waals surface area contributed by atoms with Crippen LogP contribution in [0.1, 0.15) is 0 Å². The van der Waals surface area contributed by atoms with Crippen molar-refractivity contribution in [1.82, 2.24) is 0 Å². The summed E-state index contributed by atoms with van der Waals surface area (Å²) in [5.74, 6) is 0.302. The van der Waals surface area contributed by atoms with Gasteiger partial charge in [-0.25, -0.2) is 0 Å².